The molecule has 2 aromatic heterocycles. The van der Waals surface area contributed by atoms with Gasteiger partial charge >= 0.3 is 5.97 Å². The average Bonchev–Trinajstić information content (AvgIpc) is 3.26. The van der Waals surface area contributed by atoms with Gasteiger partial charge in [0.1, 0.15) is 27.6 Å². The number of phenolic OH excluding ortho intramolecular Hbond substituents is 1. The molecule has 0 radical (unpaired) electrons. The Morgan fingerprint density at radius 1 is 1.11 bits per heavy atom. The Labute approximate surface area is 217 Å². The monoisotopic (exact) mass is 518 g/mol. The van der Waals surface area contributed by atoms with Crippen LogP contribution < -0.4 is 15.6 Å². The van der Waals surface area contributed by atoms with E-state index in [2.05, 4.69) is 5.32 Å². The highest BCUT2D eigenvalue weighted by Crippen LogP contribution is 2.40. The first-order chi connectivity index (χ1) is 18.0. The van der Waals surface area contributed by atoms with E-state index in [1.165, 1.54) is 23.5 Å². The molecule has 9 heteroatoms. The summed E-state index contributed by atoms with van der Waals surface area (Å²) in [7, 11) is 1.57. The summed E-state index contributed by atoms with van der Waals surface area (Å²) in [5, 5.41) is 13.9. The van der Waals surface area contributed by atoms with Gasteiger partial charge in [-0.25, -0.2) is 9.79 Å². The third kappa shape index (κ3) is 5.08. The Morgan fingerprint density at radius 2 is 1.89 bits per heavy atom. The number of aromatic hydroxyl groups is 1. The van der Waals surface area contributed by atoms with E-state index >= 15 is 0 Å². The van der Waals surface area contributed by atoms with Gasteiger partial charge in [0.25, 0.3) is 5.91 Å². The zero-order valence-electron chi connectivity index (χ0n) is 20.5. The lowest BCUT2D eigenvalue weighted by Crippen LogP contribution is -2.21. The highest BCUT2D eigenvalue weighted by atomic mass is 32.1. The summed E-state index contributed by atoms with van der Waals surface area (Å²) in [6, 6.07) is 13.3. The molecule has 0 atom stereocenters. The zero-order chi connectivity index (χ0) is 25.9. The molecule has 8 nitrogen and oxygen atoms in total. The number of aryl methyl sites for hydroxylation is 1. The highest BCUT2D eigenvalue weighted by Gasteiger charge is 2.27. The molecule has 0 aliphatic heterocycles. The summed E-state index contributed by atoms with van der Waals surface area (Å²) >= 11 is 1.43. The zero-order valence-corrected chi connectivity index (χ0v) is 21.3. The van der Waals surface area contributed by atoms with Crippen molar-refractivity contribution in [3.05, 3.63) is 75.7 Å². The number of nitrogens with one attached hydrogen (secondary N) is 1. The fourth-order valence-electron chi connectivity index (χ4n) is 4.36. The van der Waals surface area contributed by atoms with E-state index in [9.17, 15) is 14.7 Å². The van der Waals surface area contributed by atoms with Gasteiger partial charge in [-0.05, 0) is 80.6 Å². The number of carbonyl (C=O) groups excluding carboxylic acids is 2. The number of carbonyl (C=O) groups is 2. The van der Waals surface area contributed by atoms with Crippen LogP contribution in [0.1, 0.15) is 50.9 Å². The van der Waals surface area contributed by atoms with Gasteiger partial charge in [-0.3, -0.25) is 4.79 Å². The fourth-order valence-corrected chi connectivity index (χ4v) is 5.61. The lowest BCUT2D eigenvalue weighted by Gasteiger charge is -2.11. The van der Waals surface area contributed by atoms with Crippen LogP contribution in [0.3, 0.4) is 0 Å². The molecular weight excluding hydrogens is 492 g/mol. The molecule has 0 saturated carbocycles. The van der Waals surface area contributed by atoms with Crippen LogP contribution in [0.4, 0.5) is 10.7 Å². The van der Waals surface area contributed by atoms with E-state index in [1.807, 2.05) is 0 Å². The van der Waals surface area contributed by atoms with E-state index in [-0.39, 0.29) is 23.5 Å². The number of anilines is 1. The molecule has 5 rings (SSSR count). The minimum absolute atomic E-state index is 0.0245. The van der Waals surface area contributed by atoms with E-state index in [4.69, 9.17) is 18.9 Å². The number of esters is 1. The van der Waals surface area contributed by atoms with E-state index in [0.717, 1.165) is 36.1 Å². The van der Waals surface area contributed by atoms with Crippen molar-refractivity contribution >= 4 is 44.9 Å². The van der Waals surface area contributed by atoms with Crippen LogP contribution in [0.15, 0.2) is 57.9 Å². The largest absolute Gasteiger partial charge is 0.508 e. The molecule has 1 amide bonds. The van der Waals surface area contributed by atoms with Crippen LogP contribution in [0.25, 0.3) is 11.0 Å². The molecule has 0 saturated heterocycles. The van der Waals surface area contributed by atoms with Gasteiger partial charge in [0.2, 0.25) is 5.55 Å². The molecule has 2 aromatic carbocycles. The number of fused-ring (bicyclic) bond motifs is 2. The average molecular weight is 519 g/mol. The molecule has 190 valence electrons. The summed E-state index contributed by atoms with van der Waals surface area (Å²) in [4.78, 5) is 32.2. The lowest BCUT2D eigenvalue weighted by molar-refractivity contribution is 0.0526. The summed E-state index contributed by atoms with van der Waals surface area (Å²) < 4.78 is 16.6. The number of benzene rings is 2. The number of hydrogen-bond donors (Lipinski definition) is 2. The maximum absolute atomic E-state index is 13.4. The molecule has 37 heavy (non-hydrogen) atoms. The first kappa shape index (κ1) is 24.6. The van der Waals surface area contributed by atoms with Gasteiger partial charge < -0.3 is 24.3 Å². The predicted octanol–water partition coefficient (Wildman–Crippen LogP) is 5.75. The van der Waals surface area contributed by atoms with Gasteiger partial charge in [-0.15, -0.1) is 11.3 Å². The summed E-state index contributed by atoms with van der Waals surface area (Å²) in [5.41, 5.74) is 2.56. The number of rotatable bonds is 6. The van der Waals surface area contributed by atoms with Crippen molar-refractivity contribution < 1.29 is 28.6 Å². The Bertz CT molecular complexity index is 1550. The van der Waals surface area contributed by atoms with Crippen molar-refractivity contribution in [3.8, 4) is 11.5 Å². The van der Waals surface area contributed by atoms with Gasteiger partial charge in [-0.1, -0.05) is 0 Å². The minimum Gasteiger partial charge on any atom is -0.508 e. The Kier molecular flexibility index (Phi) is 6.96. The first-order valence-corrected chi connectivity index (χ1v) is 12.9. The van der Waals surface area contributed by atoms with Crippen molar-refractivity contribution in [3.63, 3.8) is 0 Å². The van der Waals surface area contributed by atoms with Crippen molar-refractivity contribution in [2.75, 3.05) is 19.0 Å². The van der Waals surface area contributed by atoms with Crippen LogP contribution in [0.2, 0.25) is 0 Å². The standard InChI is InChI=1S/C28H26N2O6S/c1-3-35-28(33)24-20-6-4-5-7-23(20)37-27(24)30-26-21(14-16-8-11-18(31)15-22(16)36-26)25(32)29-17-9-12-19(34-2)13-10-17/h8-15,31H,3-7H2,1-2H3,(H,29,32)/b30-26-. The molecule has 1 aliphatic rings. The van der Waals surface area contributed by atoms with Crippen LogP contribution in [0, 0.1) is 0 Å². The number of thiophene rings is 1. The number of nitrogens with zero attached hydrogens (tertiary/aromatic N) is 1. The van der Waals surface area contributed by atoms with Gasteiger partial charge in [0.15, 0.2) is 0 Å². The van der Waals surface area contributed by atoms with Gasteiger partial charge in [0, 0.05) is 22.0 Å². The second kappa shape index (κ2) is 10.5. The minimum atomic E-state index is -0.429. The van der Waals surface area contributed by atoms with E-state index < -0.39 is 11.9 Å². The quantitative estimate of drug-likeness (QED) is 0.315. The third-order valence-corrected chi connectivity index (χ3v) is 7.35. The van der Waals surface area contributed by atoms with E-state index in [1.54, 1.807) is 50.4 Å². The number of amides is 1. The predicted molar refractivity (Wildman–Crippen MR) is 141 cm³/mol. The van der Waals surface area contributed by atoms with Gasteiger partial charge in [0.05, 0.1) is 19.3 Å². The molecule has 4 aromatic rings. The normalized spacial score (nSPS) is 13.3. The van der Waals surface area contributed by atoms with Crippen LogP contribution in [-0.2, 0) is 17.6 Å². The molecular formula is C28H26N2O6S. The number of methoxy groups -OCH3 is 1. The van der Waals surface area contributed by atoms with Crippen molar-refractivity contribution in [1.29, 1.82) is 0 Å². The van der Waals surface area contributed by atoms with Crippen molar-refractivity contribution in [1.82, 2.24) is 0 Å². The summed E-state index contributed by atoms with van der Waals surface area (Å²) in [5.74, 6) is -0.163. The Morgan fingerprint density at radius 3 is 2.65 bits per heavy atom. The lowest BCUT2D eigenvalue weighted by atomic mass is 9.95. The molecule has 2 heterocycles. The molecule has 1 aliphatic carbocycles. The number of hydrogen-bond acceptors (Lipinski definition) is 8. The third-order valence-electron chi connectivity index (χ3n) is 6.16. The maximum Gasteiger partial charge on any atom is 0.341 e. The number of ether oxygens (including phenoxy) is 2. The Hall–Kier alpha value is -4.11. The van der Waals surface area contributed by atoms with Crippen LogP contribution in [0.5, 0.6) is 11.5 Å². The fraction of sp³-hybridized carbons (Fsp3) is 0.250. The molecule has 0 spiro atoms. The molecule has 0 bridgehead atoms. The van der Waals surface area contributed by atoms with Crippen LogP contribution in [-0.4, -0.2) is 30.7 Å². The molecule has 0 unspecified atom stereocenters. The summed E-state index contributed by atoms with van der Waals surface area (Å²) in [6.45, 7) is 2.01. The van der Waals surface area contributed by atoms with Gasteiger partial charge in [-0.2, -0.15) is 0 Å². The topological polar surface area (TPSA) is 110 Å². The Balaban J connectivity index is 1.66. The van der Waals surface area contributed by atoms with Crippen molar-refractivity contribution in [2.24, 2.45) is 4.99 Å². The highest BCUT2D eigenvalue weighted by molar-refractivity contribution is 7.16. The molecule has 2 N–H and O–H groups in total. The smallest absolute Gasteiger partial charge is 0.341 e. The maximum atomic E-state index is 13.4. The number of phenols is 1. The van der Waals surface area contributed by atoms with Crippen molar-refractivity contribution in [2.45, 2.75) is 32.6 Å². The summed E-state index contributed by atoms with van der Waals surface area (Å²) in [6.07, 6.45) is 3.69. The second-order valence-electron chi connectivity index (χ2n) is 8.59. The second-order valence-corrected chi connectivity index (χ2v) is 9.68. The van der Waals surface area contributed by atoms with Crippen LogP contribution >= 0.6 is 11.3 Å². The first-order valence-electron chi connectivity index (χ1n) is 12.1. The molecule has 0 fully saturated rings. The SMILES string of the molecule is CCOC(=O)c1c(/N=c2\oc3cc(O)ccc3cc2C(=O)Nc2ccc(OC)cc2)sc2c1CCCC2. The van der Waals surface area contributed by atoms with E-state index in [0.29, 0.717) is 33.0 Å².